The number of aryl methyl sites for hydroxylation is 1. The summed E-state index contributed by atoms with van der Waals surface area (Å²) in [5.41, 5.74) is 2.65. The molecule has 0 radical (unpaired) electrons. The number of hydrogen-bond acceptors (Lipinski definition) is 5. The van der Waals surface area contributed by atoms with E-state index in [0.29, 0.717) is 12.5 Å². The van der Waals surface area contributed by atoms with Crippen LogP contribution in [-0.2, 0) is 13.0 Å². The van der Waals surface area contributed by atoms with Crippen LogP contribution in [0.4, 0.5) is 0 Å². The van der Waals surface area contributed by atoms with E-state index >= 15 is 0 Å². The van der Waals surface area contributed by atoms with Gasteiger partial charge in [0, 0.05) is 49.6 Å². The van der Waals surface area contributed by atoms with Crippen LogP contribution in [-0.4, -0.2) is 53.4 Å². The molecule has 1 amide bonds. The summed E-state index contributed by atoms with van der Waals surface area (Å²) in [5.74, 6) is 3.04. The molecule has 1 saturated heterocycles. The van der Waals surface area contributed by atoms with Crippen molar-refractivity contribution in [3.8, 4) is 0 Å². The third kappa shape index (κ3) is 3.73. The number of nitrogens with zero attached hydrogens (tertiary/aromatic N) is 7. The Bertz CT molecular complexity index is 1190. The van der Waals surface area contributed by atoms with Gasteiger partial charge in [-0.25, -0.2) is 9.67 Å². The van der Waals surface area contributed by atoms with Gasteiger partial charge in [-0.05, 0) is 58.4 Å². The van der Waals surface area contributed by atoms with Gasteiger partial charge in [0.05, 0.1) is 17.1 Å². The number of aromatic nitrogens is 6. The second-order valence-electron chi connectivity index (χ2n) is 10.3. The van der Waals surface area contributed by atoms with Crippen LogP contribution in [0, 0.1) is 0 Å². The zero-order chi connectivity index (χ0) is 22.5. The van der Waals surface area contributed by atoms with Crippen molar-refractivity contribution < 1.29 is 4.79 Å². The van der Waals surface area contributed by atoms with E-state index in [2.05, 4.69) is 33.7 Å². The zero-order valence-corrected chi connectivity index (χ0v) is 19.7. The molecule has 33 heavy (non-hydrogen) atoms. The molecule has 3 aromatic rings. The van der Waals surface area contributed by atoms with Crippen LogP contribution in [0.15, 0.2) is 12.3 Å². The maximum atomic E-state index is 13.9. The zero-order valence-electron chi connectivity index (χ0n) is 19.7. The summed E-state index contributed by atoms with van der Waals surface area (Å²) in [7, 11) is 0. The van der Waals surface area contributed by atoms with Gasteiger partial charge in [-0.3, -0.25) is 4.79 Å². The number of likely N-dealkylation sites (tertiary alicyclic amines) is 1. The van der Waals surface area contributed by atoms with Crippen molar-refractivity contribution in [2.24, 2.45) is 0 Å². The second-order valence-corrected chi connectivity index (χ2v) is 10.3. The number of carbonyl (C=O) groups is 1. The van der Waals surface area contributed by atoms with Crippen LogP contribution in [0.3, 0.4) is 0 Å². The van der Waals surface area contributed by atoms with E-state index in [0.717, 1.165) is 79.1 Å². The number of piperidine rings is 1. The fourth-order valence-electron chi connectivity index (χ4n) is 5.53. The predicted molar refractivity (Wildman–Crippen MR) is 125 cm³/mol. The van der Waals surface area contributed by atoms with Gasteiger partial charge in [-0.15, -0.1) is 10.2 Å². The van der Waals surface area contributed by atoms with E-state index in [9.17, 15) is 4.79 Å². The summed E-state index contributed by atoms with van der Waals surface area (Å²) >= 11 is 0. The minimum absolute atomic E-state index is 0.105. The Balaban J connectivity index is 1.32. The lowest BCUT2D eigenvalue weighted by Gasteiger charge is -2.32. The Morgan fingerprint density at radius 3 is 2.73 bits per heavy atom. The Morgan fingerprint density at radius 1 is 1.03 bits per heavy atom. The molecule has 2 aliphatic heterocycles. The molecule has 8 heteroatoms. The van der Waals surface area contributed by atoms with E-state index in [1.54, 1.807) is 0 Å². The quantitative estimate of drug-likeness (QED) is 0.598. The molecule has 3 aliphatic rings. The molecule has 8 nitrogen and oxygen atoms in total. The summed E-state index contributed by atoms with van der Waals surface area (Å²) in [4.78, 5) is 20.8. The maximum Gasteiger partial charge on any atom is 0.254 e. The van der Waals surface area contributed by atoms with E-state index in [-0.39, 0.29) is 17.9 Å². The monoisotopic (exact) mass is 447 g/mol. The topological polar surface area (TPSA) is 81.7 Å². The molecule has 0 aromatic carbocycles. The van der Waals surface area contributed by atoms with Crippen molar-refractivity contribution in [2.45, 2.75) is 89.6 Å². The third-order valence-electron chi connectivity index (χ3n) is 7.51. The van der Waals surface area contributed by atoms with Gasteiger partial charge < -0.3 is 9.47 Å². The average molecular weight is 448 g/mol. The van der Waals surface area contributed by atoms with Gasteiger partial charge in [0.2, 0.25) is 0 Å². The molecule has 0 spiro atoms. The molecule has 1 saturated carbocycles. The lowest BCUT2D eigenvalue weighted by molar-refractivity contribution is 0.0705. The highest BCUT2D eigenvalue weighted by molar-refractivity contribution is 6.05. The van der Waals surface area contributed by atoms with Crippen LogP contribution in [0.2, 0.25) is 0 Å². The van der Waals surface area contributed by atoms with Crippen LogP contribution in [0.1, 0.15) is 104 Å². The molecule has 1 unspecified atom stereocenters. The minimum atomic E-state index is 0.105. The highest BCUT2D eigenvalue weighted by Gasteiger charge is 2.33. The first kappa shape index (κ1) is 20.8. The van der Waals surface area contributed by atoms with Crippen LogP contribution in [0.25, 0.3) is 11.0 Å². The Kier molecular flexibility index (Phi) is 5.18. The lowest BCUT2D eigenvalue weighted by Crippen LogP contribution is -2.40. The van der Waals surface area contributed by atoms with Crippen LogP contribution < -0.4 is 0 Å². The molecule has 1 aliphatic carbocycles. The van der Waals surface area contributed by atoms with E-state index in [1.165, 1.54) is 19.3 Å². The number of amides is 1. The molecular formula is C25H33N7O. The summed E-state index contributed by atoms with van der Waals surface area (Å²) in [6, 6.07) is 2.25. The molecular weight excluding hydrogens is 414 g/mol. The fraction of sp³-hybridized carbons (Fsp3) is 0.640. The Hall–Kier alpha value is -2.77. The summed E-state index contributed by atoms with van der Waals surface area (Å²) in [6.07, 6.45) is 10.8. The fourth-order valence-corrected chi connectivity index (χ4v) is 5.53. The molecule has 0 N–H and O–H groups in total. The summed E-state index contributed by atoms with van der Waals surface area (Å²) < 4.78 is 4.29. The number of hydrogen-bond donors (Lipinski definition) is 0. The largest absolute Gasteiger partial charge is 0.338 e. The Labute approximate surface area is 194 Å². The first-order valence-electron chi connectivity index (χ1n) is 12.7. The van der Waals surface area contributed by atoms with E-state index in [4.69, 9.17) is 4.98 Å². The standard InChI is InChI=1S/C25H33N7O/c1-16(2)32-24-20(14-26-32)19(13-21(27-24)17-9-10-17)25(33)30-11-6-7-18(15-30)23-29-28-22-8-4-3-5-12-31(22)23/h13-14,16-18H,3-12,15H2,1-2H3. The van der Waals surface area contributed by atoms with Crippen LogP contribution >= 0.6 is 0 Å². The number of carbonyl (C=O) groups excluding carboxylic acids is 1. The van der Waals surface area contributed by atoms with Crippen molar-refractivity contribution in [3.63, 3.8) is 0 Å². The number of rotatable bonds is 4. The molecule has 3 aromatic heterocycles. The van der Waals surface area contributed by atoms with Crippen molar-refractivity contribution in [1.82, 2.24) is 34.4 Å². The molecule has 1 atom stereocenters. The first-order chi connectivity index (χ1) is 16.1. The number of fused-ring (bicyclic) bond motifs is 2. The molecule has 2 fully saturated rings. The van der Waals surface area contributed by atoms with E-state index < -0.39 is 0 Å². The predicted octanol–water partition coefficient (Wildman–Crippen LogP) is 4.23. The molecule has 174 valence electrons. The van der Waals surface area contributed by atoms with E-state index in [1.807, 2.05) is 21.8 Å². The lowest BCUT2D eigenvalue weighted by atomic mass is 9.96. The van der Waals surface area contributed by atoms with Gasteiger partial charge in [0.25, 0.3) is 5.91 Å². The molecule has 5 heterocycles. The molecule has 6 rings (SSSR count). The van der Waals surface area contributed by atoms with Gasteiger partial charge in [0.1, 0.15) is 11.6 Å². The normalized spacial score (nSPS) is 21.4. The van der Waals surface area contributed by atoms with Crippen molar-refractivity contribution >= 4 is 16.9 Å². The highest BCUT2D eigenvalue weighted by Crippen LogP contribution is 2.40. The van der Waals surface area contributed by atoms with Crippen LogP contribution in [0.5, 0.6) is 0 Å². The first-order valence-corrected chi connectivity index (χ1v) is 12.7. The smallest absolute Gasteiger partial charge is 0.254 e. The molecule has 0 bridgehead atoms. The highest BCUT2D eigenvalue weighted by atomic mass is 16.2. The summed E-state index contributed by atoms with van der Waals surface area (Å²) in [5, 5.41) is 14.6. The van der Waals surface area contributed by atoms with Crippen molar-refractivity contribution in [2.75, 3.05) is 13.1 Å². The second kappa shape index (κ2) is 8.22. The maximum absolute atomic E-state index is 13.9. The van der Waals surface area contributed by atoms with Gasteiger partial charge in [0.15, 0.2) is 5.65 Å². The third-order valence-corrected chi connectivity index (χ3v) is 7.51. The van der Waals surface area contributed by atoms with Crippen molar-refractivity contribution in [1.29, 1.82) is 0 Å². The minimum Gasteiger partial charge on any atom is -0.338 e. The van der Waals surface area contributed by atoms with Crippen molar-refractivity contribution in [3.05, 3.63) is 35.2 Å². The average Bonchev–Trinajstić information content (AvgIpc) is 3.53. The SMILES string of the molecule is CC(C)n1ncc2c(C(=O)N3CCCC(c4nnc5n4CCCCC5)C3)cc(C3CC3)nc21. The van der Waals surface area contributed by atoms with Gasteiger partial charge in [-0.2, -0.15) is 5.10 Å². The summed E-state index contributed by atoms with van der Waals surface area (Å²) in [6.45, 7) is 6.72. The number of pyridine rings is 1. The Morgan fingerprint density at radius 2 is 1.91 bits per heavy atom. The van der Waals surface area contributed by atoms with Gasteiger partial charge in [-0.1, -0.05) is 6.42 Å². The van der Waals surface area contributed by atoms with Gasteiger partial charge >= 0.3 is 0 Å².